The van der Waals surface area contributed by atoms with E-state index < -0.39 is 10.0 Å². The fourth-order valence-corrected chi connectivity index (χ4v) is 3.25. The normalized spacial score (nSPS) is 11.2. The molecule has 6 nitrogen and oxygen atoms in total. The molecule has 0 saturated heterocycles. The van der Waals surface area contributed by atoms with E-state index in [1.165, 1.54) is 17.0 Å². The van der Waals surface area contributed by atoms with Crippen LogP contribution < -0.4 is 9.46 Å². The minimum atomic E-state index is -3.79. The Balaban J connectivity index is 2.22. The number of carbonyl (C=O) groups excluding carboxylic acids is 1. The maximum atomic E-state index is 12.5. The second-order valence-electron chi connectivity index (χ2n) is 6.02. The van der Waals surface area contributed by atoms with Crippen molar-refractivity contribution in [3.63, 3.8) is 0 Å². The van der Waals surface area contributed by atoms with Crippen LogP contribution in [0.3, 0.4) is 0 Å². The molecule has 0 unspecified atom stereocenters. The van der Waals surface area contributed by atoms with E-state index >= 15 is 0 Å². The van der Waals surface area contributed by atoms with Crippen molar-refractivity contribution in [2.45, 2.75) is 24.8 Å². The number of hydrogen-bond donors (Lipinski definition) is 1. The quantitative estimate of drug-likeness (QED) is 0.857. The van der Waals surface area contributed by atoms with Gasteiger partial charge in [-0.2, -0.15) is 0 Å². The molecule has 134 valence electrons. The molecule has 25 heavy (non-hydrogen) atoms. The summed E-state index contributed by atoms with van der Waals surface area (Å²) in [7, 11) is -0.565. The molecule has 2 rings (SSSR count). The number of hydrogen-bond acceptors (Lipinski definition) is 4. The third-order valence-electron chi connectivity index (χ3n) is 3.28. The zero-order chi connectivity index (χ0) is 18.6. The molecule has 2 aromatic carbocycles. The summed E-state index contributed by atoms with van der Waals surface area (Å²) in [5.41, 5.74) is 0.731. The monoisotopic (exact) mass is 362 g/mol. The van der Waals surface area contributed by atoms with Crippen LogP contribution in [0.2, 0.25) is 0 Å². The molecule has 0 aliphatic carbocycles. The first kappa shape index (κ1) is 18.8. The third-order valence-corrected chi connectivity index (χ3v) is 4.65. The van der Waals surface area contributed by atoms with E-state index in [0.717, 1.165) is 0 Å². The Morgan fingerprint density at radius 3 is 2.28 bits per heavy atom. The van der Waals surface area contributed by atoms with Gasteiger partial charge in [0, 0.05) is 25.3 Å². The van der Waals surface area contributed by atoms with Crippen LogP contribution in [0.1, 0.15) is 24.2 Å². The predicted molar refractivity (Wildman–Crippen MR) is 97.5 cm³/mol. The van der Waals surface area contributed by atoms with Crippen LogP contribution >= 0.6 is 0 Å². The third kappa shape index (κ3) is 4.96. The molecule has 7 heteroatoms. The molecule has 0 heterocycles. The lowest BCUT2D eigenvalue weighted by Crippen LogP contribution is -2.22. The Morgan fingerprint density at radius 1 is 1.08 bits per heavy atom. The lowest BCUT2D eigenvalue weighted by atomic mass is 10.2. The molecule has 1 N–H and O–H groups in total. The molecule has 0 fully saturated rings. The van der Waals surface area contributed by atoms with Gasteiger partial charge >= 0.3 is 0 Å². The number of anilines is 1. The minimum absolute atomic E-state index is 0.0303. The molecule has 0 spiro atoms. The zero-order valence-electron chi connectivity index (χ0n) is 14.7. The Morgan fingerprint density at radius 2 is 1.72 bits per heavy atom. The van der Waals surface area contributed by atoms with Gasteiger partial charge in [-0.25, -0.2) is 8.42 Å². The van der Waals surface area contributed by atoms with E-state index in [4.69, 9.17) is 4.74 Å². The van der Waals surface area contributed by atoms with E-state index in [0.29, 0.717) is 17.0 Å². The SMILES string of the molecule is CC(C)Oc1ccc(NS(=O)(=O)c2cccc(C(=O)N(C)C)c2)cc1. The number of rotatable bonds is 6. The Hall–Kier alpha value is -2.54. The zero-order valence-corrected chi connectivity index (χ0v) is 15.5. The standard InChI is InChI=1S/C18H22N2O4S/c1-13(2)24-16-10-8-15(9-11-16)19-25(22,23)17-7-5-6-14(12-17)18(21)20(3)4/h5-13,19H,1-4H3. The summed E-state index contributed by atoms with van der Waals surface area (Å²) >= 11 is 0. The number of nitrogens with zero attached hydrogens (tertiary/aromatic N) is 1. The van der Waals surface area contributed by atoms with Gasteiger partial charge in [-0.05, 0) is 56.3 Å². The van der Waals surface area contributed by atoms with Crippen molar-refractivity contribution >= 4 is 21.6 Å². The molecule has 0 saturated carbocycles. The van der Waals surface area contributed by atoms with Crippen LogP contribution in [0.4, 0.5) is 5.69 Å². The van der Waals surface area contributed by atoms with Crippen molar-refractivity contribution in [1.29, 1.82) is 0 Å². The smallest absolute Gasteiger partial charge is 0.261 e. The first-order valence-corrected chi connectivity index (χ1v) is 9.28. The number of benzene rings is 2. The summed E-state index contributed by atoms with van der Waals surface area (Å²) in [6, 6.07) is 12.6. The summed E-state index contributed by atoms with van der Waals surface area (Å²) in [5.74, 6) is 0.406. The van der Waals surface area contributed by atoms with Crippen LogP contribution in [0.5, 0.6) is 5.75 Å². The van der Waals surface area contributed by atoms with Crippen LogP contribution in [0.25, 0.3) is 0 Å². The van der Waals surface area contributed by atoms with E-state index in [-0.39, 0.29) is 16.9 Å². The Labute approximate surface area is 148 Å². The van der Waals surface area contributed by atoms with Crippen LogP contribution in [-0.2, 0) is 10.0 Å². The minimum Gasteiger partial charge on any atom is -0.491 e. The van der Waals surface area contributed by atoms with Gasteiger partial charge in [0.15, 0.2) is 0 Å². The largest absolute Gasteiger partial charge is 0.491 e. The Kier molecular flexibility index (Phi) is 5.69. The molecular weight excluding hydrogens is 340 g/mol. The van der Waals surface area contributed by atoms with E-state index in [2.05, 4.69) is 4.72 Å². The number of amides is 1. The summed E-state index contributed by atoms with van der Waals surface area (Å²) in [6.07, 6.45) is 0.0412. The van der Waals surface area contributed by atoms with Gasteiger partial charge in [0.2, 0.25) is 0 Å². The predicted octanol–water partition coefficient (Wildman–Crippen LogP) is 2.98. The summed E-state index contributed by atoms with van der Waals surface area (Å²) in [4.78, 5) is 13.4. The maximum absolute atomic E-state index is 12.5. The highest BCUT2D eigenvalue weighted by molar-refractivity contribution is 7.92. The van der Waals surface area contributed by atoms with Crippen molar-refractivity contribution in [3.05, 3.63) is 54.1 Å². The molecule has 0 aliphatic heterocycles. The van der Waals surface area contributed by atoms with E-state index in [9.17, 15) is 13.2 Å². The van der Waals surface area contributed by atoms with Crippen molar-refractivity contribution in [3.8, 4) is 5.75 Å². The van der Waals surface area contributed by atoms with Crippen LogP contribution in [-0.4, -0.2) is 39.4 Å². The highest BCUT2D eigenvalue weighted by Crippen LogP contribution is 2.21. The fourth-order valence-electron chi connectivity index (χ4n) is 2.14. The molecule has 1 amide bonds. The molecule has 0 aromatic heterocycles. The van der Waals surface area contributed by atoms with Crippen molar-refractivity contribution < 1.29 is 17.9 Å². The average Bonchev–Trinajstić information content (AvgIpc) is 2.55. The molecule has 0 aliphatic rings. The van der Waals surface area contributed by atoms with Crippen molar-refractivity contribution in [2.24, 2.45) is 0 Å². The highest BCUT2D eigenvalue weighted by atomic mass is 32.2. The van der Waals surface area contributed by atoms with Gasteiger partial charge in [-0.3, -0.25) is 9.52 Å². The fraction of sp³-hybridized carbons (Fsp3) is 0.278. The van der Waals surface area contributed by atoms with Gasteiger partial charge in [0.05, 0.1) is 11.0 Å². The van der Waals surface area contributed by atoms with Gasteiger partial charge in [0.25, 0.3) is 15.9 Å². The number of carbonyl (C=O) groups is 1. The number of ether oxygens (including phenoxy) is 1. The first-order valence-electron chi connectivity index (χ1n) is 7.80. The highest BCUT2D eigenvalue weighted by Gasteiger charge is 2.17. The van der Waals surface area contributed by atoms with Crippen LogP contribution in [0, 0.1) is 0 Å². The van der Waals surface area contributed by atoms with Crippen molar-refractivity contribution in [2.75, 3.05) is 18.8 Å². The van der Waals surface area contributed by atoms with E-state index in [1.807, 2.05) is 13.8 Å². The maximum Gasteiger partial charge on any atom is 0.261 e. The van der Waals surface area contributed by atoms with Gasteiger partial charge in [-0.1, -0.05) is 6.07 Å². The Bertz CT molecular complexity index is 844. The number of sulfonamides is 1. The van der Waals surface area contributed by atoms with Gasteiger partial charge < -0.3 is 9.64 Å². The molecule has 0 radical (unpaired) electrons. The number of nitrogens with one attached hydrogen (secondary N) is 1. The molecular formula is C18H22N2O4S. The first-order chi connectivity index (χ1) is 11.7. The summed E-state index contributed by atoms with van der Waals surface area (Å²) in [5, 5.41) is 0. The summed E-state index contributed by atoms with van der Waals surface area (Å²) in [6.45, 7) is 3.83. The van der Waals surface area contributed by atoms with E-state index in [1.54, 1.807) is 50.5 Å². The molecule has 0 bridgehead atoms. The molecule has 0 atom stereocenters. The van der Waals surface area contributed by atoms with Gasteiger partial charge in [0.1, 0.15) is 5.75 Å². The molecule has 2 aromatic rings. The lowest BCUT2D eigenvalue weighted by molar-refractivity contribution is 0.0827. The topological polar surface area (TPSA) is 75.7 Å². The van der Waals surface area contributed by atoms with Crippen LogP contribution in [0.15, 0.2) is 53.4 Å². The lowest BCUT2D eigenvalue weighted by Gasteiger charge is -2.13. The second kappa shape index (κ2) is 7.57. The van der Waals surface area contributed by atoms with Gasteiger partial charge in [-0.15, -0.1) is 0 Å². The summed E-state index contributed by atoms with van der Waals surface area (Å²) < 4.78 is 33.1. The average molecular weight is 362 g/mol. The second-order valence-corrected chi connectivity index (χ2v) is 7.71. The van der Waals surface area contributed by atoms with Crippen molar-refractivity contribution in [1.82, 2.24) is 4.90 Å².